The van der Waals surface area contributed by atoms with E-state index in [0.717, 1.165) is 41.3 Å². The van der Waals surface area contributed by atoms with E-state index in [9.17, 15) is 14.0 Å². The van der Waals surface area contributed by atoms with Gasteiger partial charge in [0.2, 0.25) is 0 Å². The Labute approximate surface area is 200 Å². The summed E-state index contributed by atoms with van der Waals surface area (Å²) >= 11 is 1.50. The van der Waals surface area contributed by atoms with E-state index < -0.39 is 11.8 Å². The van der Waals surface area contributed by atoms with E-state index in [1.54, 1.807) is 24.3 Å². The zero-order valence-corrected chi connectivity index (χ0v) is 19.1. The molecule has 8 heteroatoms. The highest BCUT2D eigenvalue weighted by atomic mass is 32.1. The number of piperidine rings is 1. The number of carbonyl (C=O) groups is 2. The zero-order chi connectivity index (χ0) is 23.5. The zero-order valence-electron chi connectivity index (χ0n) is 18.2. The number of benzene rings is 3. The first kappa shape index (κ1) is 22.0. The fourth-order valence-electron chi connectivity index (χ4n) is 3.93. The summed E-state index contributed by atoms with van der Waals surface area (Å²) in [5.74, 6) is -1.34. The van der Waals surface area contributed by atoms with Gasteiger partial charge in [-0.2, -0.15) is 0 Å². The third-order valence-corrected chi connectivity index (χ3v) is 6.87. The minimum Gasteiger partial charge on any atom is -0.420 e. The Bertz CT molecular complexity index is 1330. The molecule has 34 heavy (non-hydrogen) atoms. The van der Waals surface area contributed by atoms with Crippen LogP contribution in [0.3, 0.4) is 0 Å². The molecule has 4 aromatic rings. The summed E-state index contributed by atoms with van der Waals surface area (Å²) < 4.78 is 19.9. The second-order valence-corrected chi connectivity index (χ2v) is 9.11. The van der Waals surface area contributed by atoms with Crippen molar-refractivity contribution >= 4 is 38.6 Å². The summed E-state index contributed by atoms with van der Waals surface area (Å²) in [5.41, 5.74) is 1.80. The van der Waals surface area contributed by atoms with Crippen LogP contribution < -0.4 is 15.0 Å². The number of para-hydroxylation sites is 1. The van der Waals surface area contributed by atoms with Crippen LogP contribution in [-0.2, 0) is 0 Å². The first-order valence-electron chi connectivity index (χ1n) is 11.0. The number of rotatable bonds is 5. The Morgan fingerprint density at radius 3 is 2.47 bits per heavy atom. The highest BCUT2D eigenvalue weighted by Gasteiger charge is 2.23. The maximum atomic E-state index is 13.8. The van der Waals surface area contributed by atoms with E-state index in [4.69, 9.17) is 9.72 Å². The minimum absolute atomic E-state index is 0.0474. The molecular formula is C26H22FN3O3S. The second-order valence-electron chi connectivity index (χ2n) is 8.10. The van der Waals surface area contributed by atoms with Crippen LogP contribution in [0.4, 0.5) is 9.52 Å². The van der Waals surface area contributed by atoms with Gasteiger partial charge in [-0.1, -0.05) is 41.7 Å². The largest absolute Gasteiger partial charge is 0.420 e. The van der Waals surface area contributed by atoms with Crippen molar-refractivity contribution in [1.82, 2.24) is 10.3 Å². The van der Waals surface area contributed by atoms with Gasteiger partial charge in [-0.3, -0.25) is 4.79 Å². The van der Waals surface area contributed by atoms with Crippen molar-refractivity contribution in [2.24, 2.45) is 0 Å². The molecule has 1 aliphatic heterocycles. The van der Waals surface area contributed by atoms with E-state index in [-0.39, 0.29) is 17.7 Å². The summed E-state index contributed by atoms with van der Waals surface area (Å²) in [5, 5.41) is 3.99. The molecule has 1 aliphatic rings. The molecule has 0 spiro atoms. The van der Waals surface area contributed by atoms with Gasteiger partial charge in [0.25, 0.3) is 5.91 Å². The first-order chi connectivity index (χ1) is 16.6. The molecule has 1 N–H and O–H groups in total. The number of ether oxygens (including phenoxy) is 1. The maximum Gasteiger partial charge on any atom is 0.343 e. The molecule has 0 saturated carbocycles. The number of hydrogen-bond donors (Lipinski definition) is 1. The number of thiazole rings is 1. The Kier molecular flexibility index (Phi) is 6.22. The van der Waals surface area contributed by atoms with Crippen LogP contribution in [0.25, 0.3) is 10.2 Å². The highest BCUT2D eigenvalue weighted by Crippen LogP contribution is 2.31. The third kappa shape index (κ3) is 4.77. The Hall–Kier alpha value is -3.78. The molecule has 1 aromatic heterocycles. The number of nitrogens with zero attached hydrogens (tertiary/aromatic N) is 2. The first-order valence-corrected chi connectivity index (χ1v) is 11.9. The number of nitrogens with one attached hydrogen (secondary N) is 1. The molecular weight excluding hydrogens is 453 g/mol. The molecule has 0 aliphatic carbocycles. The van der Waals surface area contributed by atoms with Crippen LogP contribution in [0.1, 0.15) is 33.6 Å². The van der Waals surface area contributed by atoms with Crippen LogP contribution in [-0.4, -0.2) is 36.0 Å². The minimum atomic E-state index is -0.614. The van der Waals surface area contributed by atoms with Gasteiger partial charge in [-0.25, -0.2) is 14.2 Å². The predicted molar refractivity (Wildman–Crippen MR) is 130 cm³/mol. The van der Waals surface area contributed by atoms with E-state index in [0.29, 0.717) is 11.1 Å². The smallest absolute Gasteiger partial charge is 0.343 e. The molecule has 2 heterocycles. The Morgan fingerprint density at radius 2 is 1.71 bits per heavy atom. The van der Waals surface area contributed by atoms with Crippen molar-refractivity contribution in [3.8, 4) is 5.75 Å². The van der Waals surface area contributed by atoms with Gasteiger partial charge >= 0.3 is 5.97 Å². The number of hydrogen-bond acceptors (Lipinski definition) is 6. The highest BCUT2D eigenvalue weighted by molar-refractivity contribution is 7.22. The molecule has 1 saturated heterocycles. The molecule has 5 rings (SSSR count). The van der Waals surface area contributed by atoms with E-state index in [1.165, 1.54) is 29.5 Å². The molecule has 6 nitrogen and oxygen atoms in total. The lowest BCUT2D eigenvalue weighted by Gasteiger charge is -2.32. The van der Waals surface area contributed by atoms with Gasteiger partial charge < -0.3 is 15.0 Å². The van der Waals surface area contributed by atoms with Gasteiger partial charge in [0.15, 0.2) is 16.7 Å². The number of esters is 1. The lowest BCUT2D eigenvalue weighted by Crippen LogP contribution is -2.44. The molecule has 0 atom stereocenters. The quantitative estimate of drug-likeness (QED) is 0.323. The van der Waals surface area contributed by atoms with Crippen LogP contribution >= 0.6 is 11.3 Å². The summed E-state index contributed by atoms with van der Waals surface area (Å²) in [4.78, 5) is 31.8. The van der Waals surface area contributed by atoms with Crippen LogP contribution in [0.5, 0.6) is 5.75 Å². The van der Waals surface area contributed by atoms with E-state index in [2.05, 4.69) is 10.2 Å². The average molecular weight is 476 g/mol. The van der Waals surface area contributed by atoms with Crippen molar-refractivity contribution in [2.45, 2.75) is 18.9 Å². The fourth-order valence-corrected chi connectivity index (χ4v) is 4.99. The number of carbonyl (C=O) groups excluding carboxylic acids is 2. The molecule has 3 aromatic carbocycles. The van der Waals surface area contributed by atoms with Gasteiger partial charge in [0.1, 0.15) is 0 Å². The standard InChI is InChI=1S/C26H22FN3O3S/c27-20-8-4-5-9-22(20)33-25(32)18-10-11-21-23(16-18)34-26(29-21)30-14-12-19(13-15-30)28-24(31)17-6-2-1-3-7-17/h1-11,16,19H,12-15H2,(H,28,31). The molecule has 1 amide bonds. The van der Waals surface area contributed by atoms with E-state index in [1.807, 2.05) is 30.3 Å². The van der Waals surface area contributed by atoms with Gasteiger partial charge in [0, 0.05) is 24.7 Å². The SMILES string of the molecule is O=C(NC1CCN(c2nc3ccc(C(=O)Oc4ccccc4F)cc3s2)CC1)c1ccccc1. The molecule has 0 bridgehead atoms. The summed E-state index contributed by atoms with van der Waals surface area (Å²) in [6.07, 6.45) is 1.66. The Morgan fingerprint density at radius 1 is 0.971 bits per heavy atom. The fraction of sp³-hybridized carbons (Fsp3) is 0.192. The molecule has 172 valence electrons. The van der Waals surface area contributed by atoms with E-state index >= 15 is 0 Å². The van der Waals surface area contributed by atoms with Crippen LogP contribution in [0.15, 0.2) is 72.8 Å². The van der Waals surface area contributed by atoms with Crippen molar-refractivity contribution in [2.75, 3.05) is 18.0 Å². The monoisotopic (exact) mass is 475 g/mol. The number of anilines is 1. The van der Waals surface area contributed by atoms with Crippen molar-refractivity contribution in [3.63, 3.8) is 0 Å². The normalized spacial score (nSPS) is 14.2. The molecule has 1 fully saturated rings. The van der Waals surface area contributed by atoms with Gasteiger partial charge in [-0.15, -0.1) is 0 Å². The number of fused-ring (bicyclic) bond motifs is 1. The molecule has 0 radical (unpaired) electrons. The van der Waals surface area contributed by atoms with Crippen LogP contribution in [0, 0.1) is 5.82 Å². The lowest BCUT2D eigenvalue weighted by atomic mass is 10.0. The number of halogens is 1. The summed E-state index contributed by atoms with van der Waals surface area (Å²) in [7, 11) is 0. The van der Waals surface area contributed by atoms with Gasteiger partial charge in [-0.05, 0) is 55.3 Å². The topological polar surface area (TPSA) is 71.5 Å². The predicted octanol–water partition coefficient (Wildman–Crippen LogP) is 5.05. The van der Waals surface area contributed by atoms with Gasteiger partial charge in [0.05, 0.1) is 15.8 Å². The maximum absolute atomic E-state index is 13.8. The molecule has 0 unspecified atom stereocenters. The summed E-state index contributed by atoms with van der Waals surface area (Å²) in [6.45, 7) is 1.56. The van der Waals surface area contributed by atoms with Crippen molar-refractivity contribution < 1.29 is 18.7 Å². The van der Waals surface area contributed by atoms with Crippen molar-refractivity contribution in [3.05, 3.63) is 89.7 Å². The Balaban J connectivity index is 1.22. The number of aromatic nitrogens is 1. The average Bonchev–Trinajstić information content (AvgIpc) is 3.30. The third-order valence-electron chi connectivity index (χ3n) is 5.79. The van der Waals surface area contributed by atoms with Crippen LogP contribution in [0.2, 0.25) is 0 Å². The summed E-state index contributed by atoms with van der Waals surface area (Å²) in [6, 6.07) is 20.3. The van der Waals surface area contributed by atoms with Crippen molar-refractivity contribution in [1.29, 1.82) is 0 Å². The lowest BCUT2D eigenvalue weighted by molar-refractivity contribution is 0.0727. The second kappa shape index (κ2) is 9.61. The number of amides is 1.